The minimum atomic E-state index is -0.410. The van der Waals surface area contributed by atoms with Gasteiger partial charge in [0.25, 0.3) is 11.8 Å². The summed E-state index contributed by atoms with van der Waals surface area (Å²) in [6, 6.07) is 9.52. The van der Waals surface area contributed by atoms with Crippen LogP contribution < -0.4 is 5.32 Å². The number of carbonyl (C=O) groups is 2. The van der Waals surface area contributed by atoms with Gasteiger partial charge in [-0.1, -0.05) is 12.1 Å². The number of anilines is 1. The molecule has 152 valence electrons. The van der Waals surface area contributed by atoms with Crippen LogP contribution in [0.25, 0.3) is 5.57 Å². The van der Waals surface area contributed by atoms with E-state index in [9.17, 15) is 14.0 Å². The van der Waals surface area contributed by atoms with E-state index in [0.717, 1.165) is 24.5 Å². The molecule has 0 saturated carbocycles. The number of hydrogen-bond acceptors (Lipinski definition) is 6. The van der Waals surface area contributed by atoms with Crippen LogP contribution in [0.5, 0.6) is 0 Å². The molecule has 2 amide bonds. The molecule has 1 fully saturated rings. The first kappa shape index (κ1) is 19.8. The number of imide groups is 1. The summed E-state index contributed by atoms with van der Waals surface area (Å²) in [6.45, 7) is 4.32. The van der Waals surface area contributed by atoms with E-state index >= 15 is 0 Å². The fraction of sp³-hybridized carbons (Fsp3) is 0.333. The highest BCUT2D eigenvalue weighted by molar-refractivity contribution is 7.11. The largest absolute Gasteiger partial charge is 0.379 e. The first-order valence-corrected chi connectivity index (χ1v) is 10.5. The van der Waals surface area contributed by atoms with E-state index in [1.54, 1.807) is 12.1 Å². The Labute approximate surface area is 172 Å². The van der Waals surface area contributed by atoms with Crippen molar-refractivity contribution in [3.05, 3.63) is 58.2 Å². The van der Waals surface area contributed by atoms with E-state index < -0.39 is 5.82 Å². The van der Waals surface area contributed by atoms with Crippen molar-refractivity contribution < 1.29 is 18.7 Å². The number of morpholine rings is 1. The lowest BCUT2D eigenvalue weighted by atomic mass is 10.2. The molecule has 1 aromatic carbocycles. The standard InChI is InChI=1S/C21H22FN3O3S/c22-15-4-1-5-16(14-15)23-19-18(17-6-2-13-29-17)20(26)25(21(19)27)8-3-7-24-9-11-28-12-10-24/h1-2,4-6,13-14,23H,3,7-12H2. The Morgan fingerprint density at radius 2 is 1.90 bits per heavy atom. The number of benzene rings is 1. The third-order valence-electron chi connectivity index (χ3n) is 4.99. The van der Waals surface area contributed by atoms with Crippen LogP contribution in [0.15, 0.2) is 47.5 Å². The molecule has 2 aliphatic rings. The molecular weight excluding hydrogens is 393 g/mol. The van der Waals surface area contributed by atoms with E-state index in [1.165, 1.54) is 28.4 Å². The molecule has 3 heterocycles. The second kappa shape index (κ2) is 8.86. The number of nitrogens with zero attached hydrogens (tertiary/aromatic N) is 2. The SMILES string of the molecule is O=C1C(Nc2cccc(F)c2)=C(c2cccs2)C(=O)N1CCCN1CCOCC1. The quantitative estimate of drug-likeness (QED) is 0.705. The third-order valence-corrected chi connectivity index (χ3v) is 5.88. The molecule has 0 bridgehead atoms. The number of hydrogen-bond donors (Lipinski definition) is 1. The molecule has 0 aliphatic carbocycles. The Bertz CT molecular complexity index is 923. The van der Waals surface area contributed by atoms with Gasteiger partial charge in [0.05, 0.1) is 18.8 Å². The zero-order valence-electron chi connectivity index (χ0n) is 15.9. The van der Waals surface area contributed by atoms with E-state index in [1.807, 2.05) is 17.5 Å². The maximum absolute atomic E-state index is 13.6. The average molecular weight is 415 g/mol. The van der Waals surface area contributed by atoms with Crippen molar-refractivity contribution in [2.75, 3.05) is 44.7 Å². The summed E-state index contributed by atoms with van der Waals surface area (Å²) >= 11 is 1.40. The highest BCUT2D eigenvalue weighted by atomic mass is 32.1. The van der Waals surface area contributed by atoms with E-state index in [0.29, 0.717) is 37.4 Å². The number of rotatable bonds is 7. The molecule has 4 rings (SSSR count). The molecule has 1 aromatic heterocycles. The molecule has 29 heavy (non-hydrogen) atoms. The van der Waals surface area contributed by atoms with Gasteiger partial charge in [0.2, 0.25) is 0 Å². The summed E-state index contributed by atoms with van der Waals surface area (Å²) in [7, 11) is 0. The maximum atomic E-state index is 13.6. The van der Waals surface area contributed by atoms with Crippen molar-refractivity contribution in [1.82, 2.24) is 9.80 Å². The number of nitrogens with one attached hydrogen (secondary N) is 1. The van der Waals surface area contributed by atoms with Crippen molar-refractivity contribution in [3.63, 3.8) is 0 Å². The summed E-state index contributed by atoms with van der Waals surface area (Å²) in [6.07, 6.45) is 0.697. The van der Waals surface area contributed by atoms with Crippen LogP contribution in [-0.2, 0) is 14.3 Å². The van der Waals surface area contributed by atoms with Crippen LogP contribution in [0.3, 0.4) is 0 Å². The van der Waals surface area contributed by atoms with Crippen molar-refractivity contribution in [2.24, 2.45) is 0 Å². The molecule has 2 aliphatic heterocycles. The summed E-state index contributed by atoms with van der Waals surface area (Å²) in [5, 5.41) is 4.84. The minimum absolute atomic E-state index is 0.203. The van der Waals surface area contributed by atoms with Crippen LogP contribution >= 0.6 is 11.3 Å². The Kier molecular flexibility index (Phi) is 6.03. The lowest BCUT2D eigenvalue weighted by molar-refractivity contribution is -0.136. The van der Waals surface area contributed by atoms with Crippen LogP contribution in [-0.4, -0.2) is 61.0 Å². The number of carbonyl (C=O) groups excluding carboxylic acids is 2. The van der Waals surface area contributed by atoms with Crippen molar-refractivity contribution in [1.29, 1.82) is 0 Å². The van der Waals surface area contributed by atoms with Crippen molar-refractivity contribution >= 4 is 34.4 Å². The van der Waals surface area contributed by atoms with Crippen LogP contribution in [0.2, 0.25) is 0 Å². The first-order valence-electron chi connectivity index (χ1n) is 9.60. The number of ether oxygens (including phenoxy) is 1. The van der Waals surface area contributed by atoms with Gasteiger partial charge in [-0.2, -0.15) is 0 Å². The van der Waals surface area contributed by atoms with Crippen LogP contribution in [0.4, 0.5) is 10.1 Å². The molecule has 6 nitrogen and oxygen atoms in total. The highest BCUT2D eigenvalue weighted by Gasteiger charge is 2.39. The molecule has 2 aromatic rings. The molecule has 0 atom stereocenters. The molecule has 0 unspecified atom stereocenters. The van der Waals surface area contributed by atoms with E-state index in [4.69, 9.17) is 4.74 Å². The fourth-order valence-corrected chi connectivity index (χ4v) is 4.30. The summed E-state index contributed by atoms with van der Waals surface area (Å²) < 4.78 is 18.9. The number of amides is 2. The minimum Gasteiger partial charge on any atom is -0.379 e. The normalized spacial score (nSPS) is 18.0. The predicted molar refractivity (Wildman–Crippen MR) is 110 cm³/mol. The van der Waals surface area contributed by atoms with Gasteiger partial charge < -0.3 is 10.1 Å². The number of thiophene rings is 1. The molecule has 1 saturated heterocycles. The number of halogens is 1. The maximum Gasteiger partial charge on any atom is 0.278 e. The first-order chi connectivity index (χ1) is 14.1. The van der Waals surface area contributed by atoms with Gasteiger partial charge in [-0.3, -0.25) is 19.4 Å². The summed E-state index contributed by atoms with van der Waals surface area (Å²) in [5.41, 5.74) is 0.987. The van der Waals surface area contributed by atoms with Gasteiger partial charge in [0.1, 0.15) is 11.5 Å². The summed E-state index contributed by atoms with van der Waals surface area (Å²) in [5.74, 6) is -1.09. The average Bonchev–Trinajstić information content (AvgIpc) is 3.32. The highest BCUT2D eigenvalue weighted by Crippen LogP contribution is 2.33. The van der Waals surface area contributed by atoms with Gasteiger partial charge in [-0.25, -0.2) is 4.39 Å². The smallest absolute Gasteiger partial charge is 0.278 e. The Balaban J connectivity index is 1.51. The monoisotopic (exact) mass is 415 g/mol. The van der Waals surface area contributed by atoms with Crippen molar-refractivity contribution in [3.8, 4) is 0 Å². The molecule has 0 spiro atoms. The third kappa shape index (κ3) is 4.39. The Hall–Kier alpha value is -2.55. The van der Waals surface area contributed by atoms with E-state index in [-0.39, 0.29) is 17.5 Å². The van der Waals surface area contributed by atoms with Gasteiger partial charge in [-0.05, 0) is 36.1 Å². The lowest BCUT2D eigenvalue weighted by Gasteiger charge is -2.27. The molecule has 8 heteroatoms. The predicted octanol–water partition coefficient (Wildman–Crippen LogP) is 2.80. The lowest BCUT2D eigenvalue weighted by Crippen LogP contribution is -2.39. The van der Waals surface area contributed by atoms with E-state index in [2.05, 4.69) is 10.2 Å². The van der Waals surface area contributed by atoms with Gasteiger partial charge >= 0.3 is 0 Å². The van der Waals surface area contributed by atoms with Gasteiger partial charge in [-0.15, -0.1) is 11.3 Å². The Morgan fingerprint density at radius 3 is 2.62 bits per heavy atom. The van der Waals surface area contributed by atoms with Crippen LogP contribution in [0, 0.1) is 5.82 Å². The van der Waals surface area contributed by atoms with Gasteiger partial charge in [0, 0.05) is 36.7 Å². The zero-order chi connectivity index (χ0) is 20.2. The topological polar surface area (TPSA) is 61.9 Å². The second-order valence-corrected chi connectivity index (χ2v) is 7.88. The second-order valence-electron chi connectivity index (χ2n) is 6.93. The fourth-order valence-electron chi connectivity index (χ4n) is 3.53. The summed E-state index contributed by atoms with van der Waals surface area (Å²) in [4.78, 5) is 30.4. The zero-order valence-corrected chi connectivity index (χ0v) is 16.7. The van der Waals surface area contributed by atoms with Crippen molar-refractivity contribution in [2.45, 2.75) is 6.42 Å². The Morgan fingerprint density at radius 1 is 1.07 bits per heavy atom. The molecule has 1 N–H and O–H groups in total. The van der Waals surface area contributed by atoms with Gasteiger partial charge in [0.15, 0.2) is 0 Å². The molecule has 0 radical (unpaired) electrons. The van der Waals surface area contributed by atoms with Crippen LogP contribution in [0.1, 0.15) is 11.3 Å². The molecular formula is C21H22FN3O3S.